The molecular formula is C20H22N4OS. The Morgan fingerprint density at radius 2 is 2.12 bits per heavy atom. The summed E-state index contributed by atoms with van der Waals surface area (Å²) in [7, 11) is 1.82. The first-order chi connectivity index (χ1) is 12.6. The summed E-state index contributed by atoms with van der Waals surface area (Å²) in [5, 5.41) is 10.4. The van der Waals surface area contributed by atoms with E-state index >= 15 is 0 Å². The van der Waals surface area contributed by atoms with Gasteiger partial charge in [-0.25, -0.2) is 4.98 Å². The maximum atomic E-state index is 12.1. The quantitative estimate of drug-likeness (QED) is 0.644. The predicted octanol–water partition coefficient (Wildman–Crippen LogP) is 3.95. The average Bonchev–Trinajstić information content (AvgIpc) is 3.29. The van der Waals surface area contributed by atoms with Crippen molar-refractivity contribution in [2.45, 2.75) is 19.8 Å². The topological polar surface area (TPSA) is 61.9 Å². The molecule has 0 radical (unpaired) electrons. The summed E-state index contributed by atoms with van der Waals surface area (Å²) in [5.74, 6) is -0.00904. The number of likely N-dealkylation sites (N-methyl/N-ethyl adjacent to an activating group) is 1. The third kappa shape index (κ3) is 4.89. The van der Waals surface area contributed by atoms with Crippen LogP contribution >= 0.6 is 11.3 Å². The predicted molar refractivity (Wildman–Crippen MR) is 106 cm³/mol. The smallest absolute Gasteiger partial charge is 0.246 e. The van der Waals surface area contributed by atoms with Crippen molar-refractivity contribution in [1.82, 2.24) is 20.1 Å². The highest BCUT2D eigenvalue weighted by molar-refractivity contribution is 7.09. The number of carbonyl (C=O) groups is 1. The van der Waals surface area contributed by atoms with Crippen molar-refractivity contribution in [1.29, 1.82) is 0 Å². The largest absolute Gasteiger partial charge is 0.342 e. The maximum Gasteiger partial charge on any atom is 0.246 e. The molecule has 0 saturated carbocycles. The highest BCUT2D eigenvalue weighted by Gasteiger charge is 2.07. The summed E-state index contributed by atoms with van der Waals surface area (Å²) in [5.41, 5.74) is 3.97. The number of aryl methyl sites for hydroxylation is 2. The first-order valence-corrected chi connectivity index (χ1v) is 9.45. The van der Waals surface area contributed by atoms with Gasteiger partial charge in [0.15, 0.2) is 0 Å². The summed E-state index contributed by atoms with van der Waals surface area (Å²) in [6.07, 6.45) is 5.08. The van der Waals surface area contributed by atoms with E-state index in [0.717, 1.165) is 40.5 Å². The maximum absolute atomic E-state index is 12.1. The Hall–Kier alpha value is -2.73. The van der Waals surface area contributed by atoms with Crippen molar-refractivity contribution < 1.29 is 4.79 Å². The van der Waals surface area contributed by atoms with Gasteiger partial charge in [0.25, 0.3) is 0 Å². The number of rotatable bonds is 7. The van der Waals surface area contributed by atoms with Gasteiger partial charge in [0.05, 0.1) is 16.4 Å². The lowest BCUT2D eigenvalue weighted by Crippen LogP contribution is -2.26. The second kappa shape index (κ2) is 8.58. The lowest BCUT2D eigenvalue weighted by atomic mass is 10.1. The minimum Gasteiger partial charge on any atom is -0.342 e. The summed E-state index contributed by atoms with van der Waals surface area (Å²) >= 11 is 1.58. The number of nitrogens with zero attached hydrogens (tertiary/aromatic N) is 3. The normalized spacial score (nSPS) is 11.2. The average molecular weight is 366 g/mol. The van der Waals surface area contributed by atoms with Crippen LogP contribution in [-0.2, 0) is 11.2 Å². The molecule has 1 N–H and O–H groups in total. The van der Waals surface area contributed by atoms with Crippen LogP contribution in [0.25, 0.3) is 17.3 Å². The highest BCUT2D eigenvalue weighted by Crippen LogP contribution is 2.17. The number of amides is 1. The molecule has 1 amide bonds. The van der Waals surface area contributed by atoms with E-state index in [1.165, 1.54) is 0 Å². The van der Waals surface area contributed by atoms with Gasteiger partial charge >= 0.3 is 0 Å². The van der Waals surface area contributed by atoms with E-state index in [1.807, 2.05) is 49.7 Å². The molecule has 2 heterocycles. The number of hydrogen-bond acceptors (Lipinski definition) is 4. The van der Waals surface area contributed by atoms with Gasteiger partial charge in [-0.2, -0.15) is 5.10 Å². The molecule has 6 heteroatoms. The number of carbonyl (C=O) groups excluding carboxylic acids is 1. The molecule has 0 aliphatic heterocycles. The summed E-state index contributed by atoms with van der Waals surface area (Å²) in [4.78, 5) is 18.2. The molecule has 5 nitrogen and oxygen atoms in total. The van der Waals surface area contributed by atoms with Crippen molar-refractivity contribution in [2.24, 2.45) is 0 Å². The van der Waals surface area contributed by atoms with E-state index in [4.69, 9.17) is 0 Å². The number of aromatic amines is 1. The van der Waals surface area contributed by atoms with E-state index in [1.54, 1.807) is 28.4 Å². The highest BCUT2D eigenvalue weighted by atomic mass is 32.1. The molecule has 3 aromatic rings. The van der Waals surface area contributed by atoms with Crippen LogP contribution in [0.5, 0.6) is 0 Å². The van der Waals surface area contributed by atoms with Crippen molar-refractivity contribution in [3.05, 3.63) is 64.2 Å². The molecule has 0 aliphatic rings. The standard InChI is InChI=1S/C20H22N4OS/c1-15-21-18(14-26-15)10-11-20(25)24(2)12-6-9-17-13-19(23-22-17)16-7-4-3-5-8-16/h3-5,7-8,10-11,13-14H,6,9,12H2,1-2H3,(H,22,23)/b11-10+. The number of thiazole rings is 1. The number of nitrogens with one attached hydrogen (secondary N) is 1. The van der Waals surface area contributed by atoms with E-state index in [9.17, 15) is 4.79 Å². The van der Waals surface area contributed by atoms with Crippen LogP contribution in [0.1, 0.15) is 22.8 Å². The van der Waals surface area contributed by atoms with Gasteiger partial charge in [0.1, 0.15) is 0 Å². The lowest BCUT2D eigenvalue weighted by molar-refractivity contribution is -0.124. The molecule has 3 rings (SSSR count). The molecule has 0 atom stereocenters. The van der Waals surface area contributed by atoms with Gasteiger partial charge in [-0.3, -0.25) is 9.89 Å². The first-order valence-electron chi connectivity index (χ1n) is 8.57. The minimum atomic E-state index is -0.00904. The second-order valence-corrected chi connectivity index (χ2v) is 7.19. The zero-order valence-corrected chi connectivity index (χ0v) is 15.8. The van der Waals surface area contributed by atoms with E-state index < -0.39 is 0 Å². The Labute approximate surface area is 157 Å². The fourth-order valence-corrected chi connectivity index (χ4v) is 3.18. The van der Waals surface area contributed by atoms with E-state index in [2.05, 4.69) is 21.2 Å². The molecule has 0 bridgehead atoms. The molecule has 2 aromatic heterocycles. The minimum absolute atomic E-state index is 0.00904. The van der Waals surface area contributed by atoms with Gasteiger partial charge < -0.3 is 4.90 Å². The molecule has 0 spiro atoms. The zero-order chi connectivity index (χ0) is 18.4. The van der Waals surface area contributed by atoms with Gasteiger partial charge in [-0.15, -0.1) is 11.3 Å². The van der Waals surface area contributed by atoms with Crippen molar-refractivity contribution >= 4 is 23.3 Å². The lowest BCUT2D eigenvalue weighted by Gasteiger charge is -2.14. The van der Waals surface area contributed by atoms with Crippen LogP contribution in [-0.4, -0.2) is 39.6 Å². The Balaban J connectivity index is 1.46. The fourth-order valence-electron chi connectivity index (χ4n) is 2.60. The van der Waals surface area contributed by atoms with Crippen LogP contribution in [0.3, 0.4) is 0 Å². The van der Waals surface area contributed by atoms with Crippen LogP contribution < -0.4 is 0 Å². The van der Waals surface area contributed by atoms with Gasteiger partial charge in [-0.05, 0) is 31.9 Å². The van der Waals surface area contributed by atoms with Crippen LogP contribution in [0.2, 0.25) is 0 Å². The fraction of sp³-hybridized carbons (Fsp3) is 0.250. The molecular weight excluding hydrogens is 344 g/mol. The molecule has 134 valence electrons. The van der Waals surface area contributed by atoms with E-state index in [-0.39, 0.29) is 5.91 Å². The van der Waals surface area contributed by atoms with Crippen LogP contribution in [0, 0.1) is 6.92 Å². The molecule has 1 aromatic carbocycles. The van der Waals surface area contributed by atoms with Crippen molar-refractivity contribution in [3.8, 4) is 11.3 Å². The summed E-state index contributed by atoms with van der Waals surface area (Å²) < 4.78 is 0. The Bertz CT molecular complexity index is 882. The van der Waals surface area contributed by atoms with Crippen molar-refractivity contribution in [3.63, 3.8) is 0 Å². The molecule has 0 saturated heterocycles. The SMILES string of the molecule is Cc1nc(/C=C/C(=O)N(C)CCCc2cc(-c3ccccc3)n[nH]2)cs1. The van der Waals surface area contributed by atoms with Crippen molar-refractivity contribution in [2.75, 3.05) is 13.6 Å². The molecule has 0 fully saturated rings. The number of aromatic nitrogens is 3. The Morgan fingerprint density at radius 3 is 2.85 bits per heavy atom. The van der Waals surface area contributed by atoms with Gasteiger partial charge in [-0.1, -0.05) is 30.3 Å². The van der Waals surface area contributed by atoms with Crippen LogP contribution in [0.4, 0.5) is 0 Å². The third-order valence-electron chi connectivity index (χ3n) is 4.05. The summed E-state index contributed by atoms with van der Waals surface area (Å²) in [6.45, 7) is 2.65. The van der Waals surface area contributed by atoms with Gasteiger partial charge in [0, 0.05) is 36.3 Å². The third-order valence-corrected chi connectivity index (χ3v) is 4.84. The van der Waals surface area contributed by atoms with Gasteiger partial charge in [0.2, 0.25) is 5.91 Å². The Morgan fingerprint density at radius 1 is 1.31 bits per heavy atom. The molecule has 26 heavy (non-hydrogen) atoms. The Kier molecular flexibility index (Phi) is 5.96. The molecule has 0 aliphatic carbocycles. The number of hydrogen-bond donors (Lipinski definition) is 1. The second-order valence-electron chi connectivity index (χ2n) is 6.13. The number of benzene rings is 1. The van der Waals surface area contributed by atoms with Crippen LogP contribution in [0.15, 0.2) is 47.9 Å². The molecule has 0 unspecified atom stereocenters. The summed E-state index contributed by atoms with van der Waals surface area (Å²) in [6, 6.07) is 12.2. The first kappa shape index (κ1) is 18.1. The number of H-pyrrole nitrogens is 1. The monoisotopic (exact) mass is 366 g/mol. The zero-order valence-electron chi connectivity index (χ0n) is 15.0. The van der Waals surface area contributed by atoms with E-state index in [0.29, 0.717) is 6.54 Å².